The summed E-state index contributed by atoms with van der Waals surface area (Å²) < 4.78 is 0. The summed E-state index contributed by atoms with van der Waals surface area (Å²) in [5.41, 5.74) is 0. The lowest BCUT2D eigenvalue weighted by Gasteiger charge is -2.33. The number of nitrogens with zero attached hydrogens (tertiary/aromatic N) is 1. The Balaban J connectivity index is 2.37. The zero-order valence-corrected chi connectivity index (χ0v) is 11.3. The van der Waals surface area contributed by atoms with E-state index in [0.29, 0.717) is 11.3 Å². The zero-order chi connectivity index (χ0) is 11.1. The fraction of sp³-hybridized carbons (Fsp3) is 0.909. The Hall–Kier alpha value is 0.170. The fourth-order valence-corrected chi connectivity index (χ4v) is 3.66. The molecule has 0 spiro atoms. The van der Waals surface area contributed by atoms with E-state index in [1.54, 1.807) is 0 Å². The summed E-state index contributed by atoms with van der Waals surface area (Å²) in [5.74, 6) is 2.26. The van der Waals surface area contributed by atoms with Gasteiger partial charge in [-0.15, -0.1) is 23.5 Å². The largest absolute Gasteiger partial charge is 0.321 e. The van der Waals surface area contributed by atoms with Crippen molar-refractivity contribution in [1.29, 1.82) is 0 Å². The van der Waals surface area contributed by atoms with Crippen LogP contribution in [0.4, 0.5) is 0 Å². The number of hydrogen-bond donors (Lipinski definition) is 0. The van der Waals surface area contributed by atoms with Gasteiger partial charge in [-0.25, -0.2) is 0 Å². The predicted molar refractivity (Wildman–Crippen MR) is 70.2 cm³/mol. The van der Waals surface area contributed by atoms with Crippen LogP contribution < -0.4 is 0 Å². The summed E-state index contributed by atoms with van der Waals surface area (Å²) in [6, 6.07) is 0. The Morgan fingerprint density at radius 3 is 2.93 bits per heavy atom. The molecule has 1 aliphatic heterocycles. The minimum atomic E-state index is 0.351. The average molecular weight is 247 g/mol. The zero-order valence-electron chi connectivity index (χ0n) is 9.70. The Morgan fingerprint density at radius 2 is 2.33 bits per heavy atom. The Labute approximate surface area is 102 Å². The lowest BCUT2D eigenvalue weighted by molar-refractivity contribution is -0.130. The summed E-state index contributed by atoms with van der Waals surface area (Å²) in [6.45, 7) is 2.22. The molecular weight excluding hydrogens is 226 g/mol. The summed E-state index contributed by atoms with van der Waals surface area (Å²) in [4.78, 5) is 13.8. The highest BCUT2D eigenvalue weighted by atomic mass is 32.2. The molecule has 0 aromatic carbocycles. The van der Waals surface area contributed by atoms with Crippen LogP contribution in [0.3, 0.4) is 0 Å². The van der Waals surface area contributed by atoms with E-state index in [4.69, 9.17) is 0 Å². The monoisotopic (exact) mass is 247 g/mol. The van der Waals surface area contributed by atoms with Crippen LogP contribution in [0, 0.1) is 0 Å². The summed E-state index contributed by atoms with van der Waals surface area (Å²) in [5, 5.41) is 0.414. The van der Waals surface area contributed by atoms with Gasteiger partial charge in [0.15, 0.2) is 0 Å². The standard InChI is InChI=1S/C11H21NOS2/c1-3-4-5-6-11(14-2)12-9-15-8-7-10(12)13/h11H,3-9H2,1-2H3. The van der Waals surface area contributed by atoms with E-state index in [0.717, 1.165) is 24.5 Å². The molecule has 0 aromatic rings. The molecule has 1 saturated heterocycles. The molecule has 0 aliphatic carbocycles. The second-order valence-electron chi connectivity index (χ2n) is 3.84. The number of carbonyl (C=O) groups excluding carboxylic acids is 1. The first-order chi connectivity index (χ1) is 7.29. The Morgan fingerprint density at radius 1 is 1.53 bits per heavy atom. The van der Waals surface area contributed by atoms with E-state index in [9.17, 15) is 4.79 Å². The molecule has 1 atom stereocenters. The maximum atomic E-state index is 11.7. The summed E-state index contributed by atoms with van der Waals surface area (Å²) in [6.07, 6.45) is 7.78. The lowest BCUT2D eigenvalue weighted by atomic mass is 10.2. The highest BCUT2D eigenvalue weighted by molar-refractivity contribution is 8.00. The van der Waals surface area contributed by atoms with E-state index >= 15 is 0 Å². The van der Waals surface area contributed by atoms with Crippen LogP contribution >= 0.6 is 23.5 Å². The molecule has 2 nitrogen and oxygen atoms in total. The van der Waals surface area contributed by atoms with Crippen molar-refractivity contribution in [1.82, 2.24) is 4.90 Å². The Bertz CT molecular complexity index is 199. The molecule has 1 unspecified atom stereocenters. The number of carbonyl (C=O) groups is 1. The van der Waals surface area contributed by atoms with Gasteiger partial charge in [0.1, 0.15) is 0 Å². The molecular formula is C11H21NOS2. The van der Waals surface area contributed by atoms with E-state index < -0.39 is 0 Å². The molecule has 0 radical (unpaired) electrons. The van der Waals surface area contributed by atoms with Crippen LogP contribution in [0.1, 0.15) is 39.0 Å². The first-order valence-electron chi connectivity index (χ1n) is 5.69. The third-order valence-corrected chi connectivity index (χ3v) is 4.67. The van der Waals surface area contributed by atoms with Gasteiger partial charge in [0, 0.05) is 12.2 Å². The maximum absolute atomic E-state index is 11.7. The van der Waals surface area contributed by atoms with Gasteiger partial charge < -0.3 is 4.90 Å². The van der Waals surface area contributed by atoms with Gasteiger partial charge >= 0.3 is 0 Å². The van der Waals surface area contributed by atoms with Crippen molar-refractivity contribution < 1.29 is 4.79 Å². The number of amides is 1. The van der Waals surface area contributed by atoms with Gasteiger partial charge in [0.05, 0.1) is 11.3 Å². The number of thioether (sulfide) groups is 2. The molecule has 1 amide bonds. The number of unbranched alkanes of at least 4 members (excludes halogenated alkanes) is 2. The third kappa shape index (κ3) is 4.27. The molecule has 1 rings (SSSR count). The van der Waals surface area contributed by atoms with Crippen molar-refractivity contribution in [3.63, 3.8) is 0 Å². The van der Waals surface area contributed by atoms with Gasteiger partial charge in [-0.1, -0.05) is 26.2 Å². The average Bonchev–Trinajstić information content (AvgIpc) is 2.26. The molecule has 4 heteroatoms. The smallest absolute Gasteiger partial charge is 0.224 e. The van der Waals surface area contributed by atoms with Crippen molar-refractivity contribution in [3.8, 4) is 0 Å². The molecule has 1 fully saturated rings. The summed E-state index contributed by atoms with van der Waals surface area (Å²) in [7, 11) is 0. The Kier molecular flexibility index (Phi) is 6.57. The predicted octanol–water partition coefficient (Wildman–Crippen LogP) is 3.18. The van der Waals surface area contributed by atoms with E-state index in [1.807, 2.05) is 23.5 Å². The molecule has 0 bridgehead atoms. The molecule has 1 aliphatic rings. The first-order valence-corrected chi connectivity index (χ1v) is 8.13. The van der Waals surface area contributed by atoms with Gasteiger partial charge in [0.2, 0.25) is 5.91 Å². The number of rotatable bonds is 6. The quantitative estimate of drug-likeness (QED) is 0.672. The van der Waals surface area contributed by atoms with Gasteiger partial charge in [0.25, 0.3) is 0 Å². The molecule has 0 aromatic heterocycles. The van der Waals surface area contributed by atoms with Crippen molar-refractivity contribution in [2.75, 3.05) is 17.9 Å². The first kappa shape index (κ1) is 13.2. The molecule has 15 heavy (non-hydrogen) atoms. The van der Waals surface area contributed by atoms with Gasteiger partial charge in [-0.05, 0) is 12.7 Å². The molecule has 1 heterocycles. The van der Waals surface area contributed by atoms with Crippen LogP contribution in [-0.4, -0.2) is 34.1 Å². The van der Waals surface area contributed by atoms with Crippen LogP contribution in [0.25, 0.3) is 0 Å². The van der Waals surface area contributed by atoms with Crippen LogP contribution in [0.5, 0.6) is 0 Å². The molecule has 0 N–H and O–H groups in total. The van der Waals surface area contributed by atoms with Crippen molar-refractivity contribution >= 4 is 29.4 Å². The van der Waals surface area contributed by atoms with E-state index in [1.165, 1.54) is 19.3 Å². The highest BCUT2D eigenvalue weighted by Gasteiger charge is 2.25. The molecule has 88 valence electrons. The lowest BCUT2D eigenvalue weighted by Crippen LogP contribution is -2.40. The van der Waals surface area contributed by atoms with Crippen LogP contribution in [-0.2, 0) is 4.79 Å². The van der Waals surface area contributed by atoms with Gasteiger partial charge in [-0.3, -0.25) is 4.79 Å². The maximum Gasteiger partial charge on any atom is 0.224 e. The minimum Gasteiger partial charge on any atom is -0.321 e. The van der Waals surface area contributed by atoms with Crippen molar-refractivity contribution in [2.24, 2.45) is 0 Å². The van der Waals surface area contributed by atoms with Crippen LogP contribution in [0.15, 0.2) is 0 Å². The molecule has 0 saturated carbocycles. The SMILES string of the molecule is CCCCCC(SC)N1CSCCC1=O. The number of hydrogen-bond acceptors (Lipinski definition) is 3. The topological polar surface area (TPSA) is 20.3 Å². The minimum absolute atomic E-state index is 0.351. The highest BCUT2D eigenvalue weighted by Crippen LogP contribution is 2.26. The summed E-state index contributed by atoms with van der Waals surface area (Å²) >= 11 is 3.70. The third-order valence-electron chi connectivity index (χ3n) is 2.69. The van der Waals surface area contributed by atoms with Crippen molar-refractivity contribution in [2.45, 2.75) is 44.4 Å². The van der Waals surface area contributed by atoms with E-state index in [-0.39, 0.29) is 0 Å². The van der Waals surface area contributed by atoms with E-state index in [2.05, 4.69) is 18.1 Å². The normalized spacial score (nSPS) is 19.3. The van der Waals surface area contributed by atoms with Gasteiger partial charge in [-0.2, -0.15) is 0 Å². The second kappa shape index (κ2) is 7.44. The van der Waals surface area contributed by atoms with Crippen LogP contribution in [0.2, 0.25) is 0 Å². The second-order valence-corrected chi connectivity index (χ2v) is 5.93. The van der Waals surface area contributed by atoms with Crippen molar-refractivity contribution in [3.05, 3.63) is 0 Å². The fourth-order valence-electron chi connectivity index (χ4n) is 1.75.